The van der Waals surface area contributed by atoms with E-state index in [0.717, 1.165) is 24.1 Å². The van der Waals surface area contributed by atoms with Gasteiger partial charge in [-0.15, -0.1) is 0 Å². The van der Waals surface area contributed by atoms with Crippen LogP contribution in [-0.4, -0.2) is 45.6 Å². The molecule has 0 unspecified atom stereocenters. The number of benzene rings is 1. The molecule has 10 heteroatoms. The van der Waals surface area contributed by atoms with Gasteiger partial charge in [-0.1, -0.05) is 30.3 Å². The van der Waals surface area contributed by atoms with Gasteiger partial charge in [-0.3, -0.25) is 9.89 Å². The average Bonchev–Trinajstić information content (AvgIpc) is 3.56. The number of hydrogen-bond acceptors (Lipinski definition) is 9. The Hall–Kier alpha value is -4.21. The van der Waals surface area contributed by atoms with Crippen LogP contribution in [0.15, 0.2) is 48.5 Å². The van der Waals surface area contributed by atoms with Gasteiger partial charge in [-0.2, -0.15) is 10.1 Å². The third-order valence-corrected chi connectivity index (χ3v) is 4.84. The average molecular weight is 433 g/mol. The maximum absolute atomic E-state index is 12.3. The fourth-order valence-corrected chi connectivity index (χ4v) is 3.04. The molecule has 5 N–H and O–H groups in total. The van der Waals surface area contributed by atoms with Crippen molar-refractivity contribution < 1.29 is 14.3 Å². The van der Waals surface area contributed by atoms with Crippen molar-refractivity contribution in [2.75, 3.05) is 24.3 Å². The number of methoxy groups -OCH3 is 1. The van der Waals surface area contributed by atoms with E-state index in [4.69, 9.17) is 10.5 Å². The molecule has 2 aromatic heterocycles. The Morgan fingerprint density at radius 1 is 1.19 bits per heavy atom. The number of H-pyrrole nitrogens is 1. The normalized spacial score (nSPS) is 13.5. The summed E-state index contributed by atoms with van der Waals surface area (Å²) >= 11 is 0. The molecule has 4 rings (SSSR count). The van der Waals surface area contributed by atoms with Crippen molar-refractivity contribution in [1.82, 2.24) is 20.2 Å². The minimum Gasteiger partial charge on any atom is -0.464 e. The molecule has 1 aromatic carbocycles. The third kappa shape index (κ3) is 5.28. The maximum atomic E-state index is 12.3. The summed E-state index contributed by atoms with van der Waals surface area (Å²) in [5.41, 5.74) is 8.19. The van der Waals surface area contributed by atoms with Crippen molar-refractivity contribution in [3.05, 3.63) is 65.5 Å². The Balaban J connectivity index is 1.47. The highest BCUT2D eigenvalue weighted by Gasteiger charge is 2.25. The number of hydrogen-bond donors (Lipinski definition) is 4. The van der Waals surface area contributed by atoms with Crippen molar-refractivity contribution in [3.63, 3.8) is 0 Å². The summed E-state index contributed by atoms with van der Waals surface area (Å²) in [6, 6.07) is 12.5. The van der Waals surface area contributed by atoms with Gasteiger partial charge in [0.25, 0.3) is 0 Å². The first-order valence-electron chi connectivity index (χ1n) is 10.1. The second-order valence-electron chi connectivity index (χ2n) is 7.35. The number of carbonyl (C=O) groups is 2. The maximum Gasteiger partial charge on any atom is 0.356 e. The molecule has 164 valence electrons. The first kappa shape index (κ1) is 21.0. The summed E-state index contributed by atoms with van der Waals surface area (Å²) in [6.45, 7) is -0.105. The summed E-state index contributed by atoms with van der Waals surface area (Å²) in [5, 5.41) is 13.1. The number of ketones is 1. The molecule has 3 aromatic rings. The molecule has 0 bridgehead atoms. The smallest absolute Gasteiger partial charge is 0.356 e. The summed E-state index contributed by atoms with van der Waals surface area (Å²) < 4.78 is 4.77. The molecular formula is C22H23N7O3. The molecule has 1 aliphatic carbocycles. The van der Waals surface area contributed by atoms with E-state index in [-0.39, 0.29) is 24.0 Å². The number of nitrogens with two attached hydrogens (primary N) is 1. The van der Waals surface area contributed by atoms with Crippen molar-refractivity contribution in [1.29, 1.82) is 0 Å². The van der Waals surface area contributed by atoms with E-state index in [1.165, 1.54) is 19.3 Å². The number of carbonyl (C=O) groups excluding carboxylic acids is 2. The van der Waals surface area contributed by atoms with Crippen LogP contribution in [0.4, 0.5) is 17.6 Å². The number of ether oxygens (including phenoxy) is 1. The number of esters is 1. The Labute approximate surface area is 184 Å². The molecule has 0 radical (unpaired) electrons. The van der Waals surface area contributed by atoms with Crippen molar-refractivity contribution in [3.8, 4) is 0 Å². The Kier molecular flexibility index (Phi) is 6.11. The Bertz CT molecular complexity index is 1150. The molecule has 1 saturated carbocycles. The van der Waals surface area contributed by atoms with E-state index in [9.17, 15) is 9.59 Å². The minimum absolute atomic E-state index is 0.0391. The van der Waals surface area contributed by atoms with Gasteiger partial charge in [0, 0.05) is 35.5 Å². The minimum atomic E-state index is -0.626. The second kappa shape index (κ2) is 9.29. The first-order chi connectivity index (χ1) is 15.5. The van der Waals surface area contributed by atoms with E-state index in [1.54, 1.807) is 0 Å². The van der Waals surface area contributed by atoms with Crippen LogP contribution >= 0.6 is 0 Å². The number of aromatic amines is 1. The summed E-state index contributed by atoms with van der Waals surface area (Å²) in [4.78, 5) is 32.8. The van der Waals surface area contributed by atoms with E-state index in [0.29, 0.717) is 23.3 Å². The standard InChI is InChI=1S/C22H23N7O3/c1-32-21(31)18-11-19(26-20-10-17(28-29-20)14-7-8-14)27-22(25-18)24-12-15(30)9-16(23)13-5-3-2-4-6-13/h2-6,9-11,14H,7-8,12,23H2,1H3,(H3,24,25,26,27,28,29). The van der Waals surface area contributed by atoms with Crippen LogP contribution in [0.2, 0.25) is 0 Å². The monoisotopic (exact) mass is 433 g/mol. The van der Waals surface area contributed by atoms with Crippen LogP contribution < -0.4 is 16.4 Å². The van der Waals surface area contributed by atoms with Gasteiger partial charge in [-0.05, 0) is 18.4 Å². The zero-order chi connectivity index (χ0) is 22.5. The van der Waals surface area contributed by atoms with Gasteiger partial charge in [0.2, 0.25) is 5.95 Å². The topological polar surface area (TPSA) is 148 Å². The van der Waals surface area contributed by atoms with Crippen molar-refractivity contribution >= 4 is 35.0 Å². The lowest BCUT2D eigenvalue weighted by Crippen LogP contribution is -2.17. The molecule has 0 saturated heterocycles. The van der Waals surface area contributed by atoms with Crippen LogP contribution in [0.5, 0.6) is 0 Å². The van der Waals surface area contributed by atoms with Crippen molar-refractivity contribution in [2.45, 2.75) is 18.8 Å². The quantitative estimate of drug-likeness (QED) is 0.295. The predicted molar refractivity (Wildman–Crippen MR) is 119 cm³/mol. The second-order valence-corrected chi connectivity index (χ2v) is 7.35. The molecule has 32 heavy (non-hydrogen) atoms. The molecule has 0 spiro atoms. The van der Waals surface area contributed by atoms with Crippen LogP contribution in [0.3, 0.4) is 0 Å². The SMILES string of the molecule is COC(=O)c1cc(Nc2cc(C3CC3)[nH]n2)nc(NCC(=O)C=C(N)c2ccccc2)n1. The molecule has 0 atom stereocenters. The lowest BCUT2D eigenvalue weighted by molar-refractivity contribution is -0.113. The van der Waals surface area contributed by atoms with E-state index in [2.05, 4.69) is 30.8 Å². The van der Waals surface area contributed by atoms with Crippen LogP contribution in [0.1, 0.15) is 40.5 Å². The van der Waals surface area contributed by atoms with Crippen LogP contribution in [0, 0.1) is 0 Å². The van der Waals surface area contributed by atoms with Gasteiger partial charge >= 0.3 is 5.97 Å². The van der Waals surface area contributed by atoms with Crippen LogP contribution in [0.25, 0.3) is 5.70 Å². The fraction of sp³-hybridized carbons (Fsp3) is 0.227. The number of aromatic nitrogens is 4. The van der Waals surface area contributed by atoms with Gasteiger partial charge in [-0.25, -0.2) is 9.78 Å². The van der Waals surface area contributed by atoms with Gasteiger partial charge < -0.3 is 21.1 Å². The number of nitrogens with one attached hydrogen (secondary N) is 3. The third-order valence-electron chi connectivity index (χ3n) is 4.84. The number of rotatable bonds is 9. The zero-order valence-corrected chi connectivity index (χ0v) is 17.5. The number of nitrogens with zero attached hydrogens (tertiary/aromatic N) is 3. The molecule has 1 fully saturated rings. The highest BCUT2D eigenvalue weighted by Crippen LogP contribution is 2.39. The number of anilines is 3. The lowest BCUT2D eigenvalue weighted by atomic mass is 10.1. The molecule has 1 aliphatic rings. The summed E-state index contributed by atoms with van der Waals surface area (Å²) in [7, 11) is 1.26. The predicted octanol–water partition coefficient (Wildman–Crippen LogP) is 2.59. The summed E-state index contributed by atoms with van der Waals surface area (Å²) in [6.07, 6.45) is 3.63. The summed E-state index contributed by atoms with van der Waals surface area (Å²) in [5.74, 6) is 0.626. The Morgan fingerprint density at radius 2 is 1.97 bits per heavy atom. The van der Waals surface area contributed by atoms with E-state index >= 15 is 0 Å². The highest BCUT2D eigenvalue weighted by molar-refractivity contribution is 5.98. The fourth-order valence-electron chi connectivity index (χ4n) is 3.04. The molecule has 10 nitrogen and oxygen atoms in total. The van der Waals surface area contributed by atoms with Gasteiger partial charge in [0.15, 0.2) is 17.3 Å². The molecule has 2 heterocycles. The molecule has 0 aliphatic heterocycles. The van der Waals surface area contributed by atoms with E-state index < -0.39 is 5.97 Å². The highest BCUT2D eigenvalue weighted by atomic mass is 16.5. The molecular weight excluding hydrogens is 410 g/mol. The van der Waals surface area contributed by atoms with Gasteiger partial charge in [0.1, 0.15) is 5.82 Å². The van der Waals surface area contributed by atoms with E-state index in [1.807, 2.05) is 36.4 Å². The van der Waals surface area contributed by atoms with Gasteiger partial charge in [0.05, 0.1) is 13.7 Å². The lowest BCUT2D eigenvalue weighted by Gasteiger charge is -2.09. The zero-order valence-electron chi connectivity index (χ0n) is 17.5. The van der Waals surface area contributed by atoms with Crippen LogP contribution in [-0.2, 0) is 9.53 Å². The molecule has 0 amide bonds. The first-order valence-corrected chi connectivity index (χ1v) is 10.1. The Morgan fingerprint density at radius 3 is 2.69 bits per heavy atom. The largest absolute Gasteiger partial charge is 0.464 e. The van der Waals surface area contributed by atoms with Crippen molar-refractivity contribution in [2.24, 2.45) is 5.73 Å².